The van der Waals surface area contributed by atoms with Crippen molar-refractivity contribution in [3.05, 3.63) is 17.6 Å². The number of piperidine rings is 1. The normalized spacial score (nSPS) is 16.2. The summed E-state index contributed by atoms with van der Waals surface area (Å²) < 4.78 is 0. The van der Waals surface area contributed by atoms with Crippen LogP contribution in [0, 0.1) is 13.3 Å². The van der Waals surface area contributed by atoms with Crippen LogP contribution in [0.4, 0.5) is 5.82 Å². The van der Waals surface area contributed by atoms with Crippen molar-refractivity contribution in [3.63, 3.8) is 0 Å². The van der Waals surface area contributed by atoms with E-state index in [9.17, 15) is 4.79 Å². The van der Waals surface area contributed by atoms with Gasteiger partial charge in [0.05, 0.1) is 0 Å². The van der Waals surface area contributed by atoms with E-state index in [2.05, 4.69) is 21.2 Å². The number of aromatic carboxylic acids is 1. The van der Waals surface area contributed by atoms with Gasteiger partial charge in [-0.15, -0.1) is 0 Å². The van der Waals surface area contributed by atoms with Gasteiger partial charge in [-0.25, -0.2) is 14.8 Å². The quantitative estimate of drug-likeness (QED) is 0.813. The number of carboxylic acids is 1. The fraction of sp³-hybridized carbons (Fsp3) is 0.545. The van der Waals surface area contributed by atoms with Crippen LogP contribution in [0.1, 0.15) is 35.3 Å². The van der Waals surface area contributed by atoms with Gasteiger partial charge >= 0.3 is 5.97 Å². The second-order valence-corrected chi connectivity index (χ2v) is 3.97. The van der Waals surface area contributed by atoms with E-state index in [1.54, 1.807) is 6.92 Å². The molecule has 16 heavy (non-hydrogen) atoms. The monoisotopic (exact) mass is 220 g/mol. The molecule has 1 aromatic heterocycles. The molecule has 0 aliphatic carbocycles. The minimum absolute atomic E-state index is 0.0515. The molecule has 1 aliphatic rings. The maximum Gasteiger partial charge on any atom is 0.354 e. The van der Waals surface area contributed by atoms with E-state index in [0.29, 0.717) is 11.4 Å². The van der Waals surface area contributed by atoms with Gasteiger partial charge < -0.3 is 10.0 Å². The SMILES string of the molecule is Cc1c(C(=O)O)n[c]nc1N1CCCCC1. The first-order valence-corrected chi connectivity index (χ1v) is 5.43. The zero-order valence-electron chi connectivity index (χ0n) is 9.23. The standard InChI is InChI=1S/C11H14N3O2/c1-8-9(11(15)16)12-7-13-10(8)14-5-3-2-4-6-14/h2-6H2,1H3,(H,15,16). The topological polar surface area (TPSA) is 66.3 Å². The number of hydrogen-bond acceptors (Lipinski definition) is 4. The Kier molecular flexibility index (Phi) is 3.03. The number of nitrogens with zero attached hydrogens (tertiary/aromatic N) is 3. The van der Waals surface area contributed by atoms with E-state index in [1.807, 2.05) is 0 Å². The molecule has 0 spiro atoms. The summed E-state index contributed by atoms with van der Waals surface area (Å²) in [4.78, 5) is 20.8. The molecule has 1 N–H and O–H groups in total. The number of carboxylic acid groups (broad SMARTS) is 1. The van der Waals surface area contributed by atoms with Crippen molar-refractivity contribution < 1.29 is 9.90 Å². The summed E-state index contributed by atoms with van der Waals surface area (Å²) in [5, 5.41) is 8.96. The van der Waals surface area contributed by atoms with Crippen molar-refractivity contribution in [2.24, 2.45) is 0 Å². The molecule has 1 fully saturated rings. The zero-order chi connectivity index (χ0) is 11.5. The summed E-state index contributed by atoms with van der Waals surface area (Å²) in [6.07, 6.45) is 5.92. The van der Waals surface area contributed by atoms with Gasteiger partial charge in [-0.2, -0.15) is 0 Å². The lowest BCUT2D eigenvalue weighted by Gasteiger charge is -2.28. The largest absolute Gasteiger partial charge is 0.476 e. The third-order valence-corrected chi connectivity index (χ3v) is 2.87. The van der Waals surface area contributed by atoms with Crippen LogP contribution in [0.15, 0.2) is 0 Å². The number of carbonyl (C=O) groups is 1. The Bertz CT molecular complexity index is 400. The van der Waals surface area contributed by atoms with Gasteiger partial charge in [0.2, 0.25) is 6.33 Å². The lowest BCUT2D eigenvalue weighted by atomic mass is 10.1. The highest BCUT2D eigenvalue weighted by Gasteiger charge is 2.19. The molecule has 0 atom stereocenters. The van der Waals surface area contributed by atoms with E-state index in [-0.39, 0.29) is 5.69 Å². The molecule has 2 heterocycles. The van der Waals surface area contributed by atoms with Crippen LogP contribution in [0.5, 0.6) is 0 Å². The number of aromatic nitrogens is 2. The Labute approximate surface area is 94.1 Å². The highest BCUT2D eigenvalue weighted by Crippen LogP contribution is 2.22. The van der Waals surface area contributed by atoms with E-state index >= 15 is 0 Å². The van der Waals surface area contributed by atoms with Gasteiger partial charge in [0.1, 0.15) is 5.82 Å². The van der Waals surface area contributed by atoms with Crippen LogP contribution in [0.3, 0.4) is 0 Å². The van der Waals surface area contributed by atoms with Gasteiger partial charge in [0.25, 0.3) is 0 Å². The van der Waals surface area contributed by atoms with Crippen molar-refractivity contribution in [1.29, 1.82) is 0 Å². The van der Waals surface area contributed by atoms with Crippen LogP contribution in [-0.4, -0.2) is 34.1 Å². The Morgan fingerprint density at radius 1 is 1.31 bits per heavy atom. The highest BCUT2D eigenvalue weighted by molar-refractivity contribution is 5.88. The fourth-order valence-electron chi connectivity index (χ4n) is 2.02. The maximum atomic E-state index is 10.9. The highest BCUT2D eigenvalue weighted by atomic mass is 16.4. The molecule has 0 amide bonds. The van der Waals surface area contributed by atoms with Crippen LogP contribution in [0.2, 0.25) is 0 Å². The van der Waals surface area contributed by atoms with Crippen LogP contribution in [0.25, 0.3) is 0 Å². The predicted molar refractivity (Wildman–Crippen MR) is 58.6 cm³/mol. The molecule has 85 valence electrons. The molecule has 1 aromatic rings. The Morgan fingerprint density at radius 2 is 2.00 bits per heavy atom. The van der Waals surface area contributed by atoms with E-state index in [1.165, 1.54) is 6.42 Å². The van der Waals surface area contributed by atoms with Crippen molar-refractivity contribution in [1.82, 2.24) is 9.97 Å². The van der Waals surface area contributed by atoms with Gasteiger partial charge in [0, 0.05) is 18.7 Å². The molecule has 0 saturated carbocycles. The molecule has 5 nitrogen and oxygen atoms in total. The van der Waals surface area contributed by atoms with E-state index < -0.39 is 5.97 Å². The van der Waals surface area contributed by atoms with Crippen molar-refractivity contribution in [2.75, 3.05) is 18.0 Å². The van der Waals surface area contributed by atoms with Crippen LogP contribution < -0.4 is 4.90 Å². The summed E-state index contributed by atoms with van der Waals surface area (Å²) >= 11 is 0. The summed E-state index contributed by atoms with van der Waals surface area (Å²) in [5.41, 5.74) is 0.684. The molecule has 2 rings (SSSR count). The Balaban J connectivity index is 2.33. The number of rotatable bonds is 2. The molecule has 1 radical (unpaired) electrons. The van der Waals surface area contributed by atoms with Crippen molar-refractivity contribution in [3.8, 4) is 0 Å². The van der Waals surface area contributed by atoms with Crippen LogP contribution in [-0.2, 0) is 0 Å². The van der Waals surface area contributed by atoms with Crippen LogP contribution >= 0.6 is 0 Å². The molecular formula is C11H14N3O2. The molecule has 5 heteroatoms. The van der Waals surface area contributed by atoms with Crippen molar-refractivity contribution >= 4 is 11.8 Å². The number of anilines is 1. The summed E-state index contributed by atoms with van der Waals surface area (Å²) in [6, 6.07) is 0. The first kappa shape index (κ1) is 10.9. The number of hydrogen-bond donors (Lipinski definition) is 1. The summed E-state index contributed by atoms with van der Waals surface area (Å²) in [5.74, 6) is -0.304. The minimum Gasteiger partial charge on any atom is -0.476 e. The third kappa shape index (κ3) is 1.98. The molecule has 0 aromatic carbocycles. The first-order chi connectivity index (χ1) is 7.70. The average molecular weight is 220 g/mol. The fourth-order valence-corrected chi connectivity index (χ4v) is 2.02. The maximum absolute atomic E-state index is 10.9. The predicted octanol–water partition coefficient (Wildman–Crippen LogP) is 1.27. The molecule has 1 aliphatic heterocycles. The molecule has 0 bridgehead atoms. The smallest absolute Gasteiger partial charge is 0.354 e. The third-order valence-electron chi connectivity index (χ3n) is 2.87. The summed E-state index contributed by atoms with van der Waals surface area (Å²) in [7, 11) is 0. The minimum atomic E-state index is -1.02. The van der Waals surface area contributed by atoms with E-state index in [0.717, 1.165) is 25.9 Å². The zero-order valence-corrected chi connectivity index (χ0v) is 9.23. The van der Waals surface area contributed by atoms with Gasteiger partial charge in [-0.3, -0.25) is 0 Å². The second kappa shape index (κ2) is 4.47. The van der Waals surface area contributed by atoms with Gasteiger partial charge in [-0.05, 0) is 26.2 Å². The summed E-state index contributed by atoms with van der Waals surface area (Å²) in [6.45, 7) is 3.62. The second-order valence-electron chi connectivity index (χ2n) is 3.97. The lowest BCUT2D eigenvalue weighted by molar-refractivity contribution is 0.0689. The Hall–Kier alpha value is -1.65. The molecule has 1 saturated heterocycles. The lowest BCUT2D eigenvalue weighted by Crippen LogP contribution is -2.31. The average Bonchev–Trinajstić information content (AvgIpc) is 2.30. The molecule has 0 unspecified atom stereocenters. The first-order valence-electron chi connectivity index (χ1n) is 5.43. The Morgan fingerprint density at radius 3 is 2.62 bits per heavy atom. The van der Waals surface area contributed by atoms with E-state index in [4.69, 9.17) is 5.11 Å². The van der Waals surface area contributed by atoms with Gasteiger partial charge in [0.15, 0.2) is 5.69 Å². The van der Waals surface area contributed by atoms with Crippen molar-refractivity contribution in [2.45, 2.75) is 26.2 Å². The van der Waals surface area contributed by atoms with Gasteiger partial charge in [-0.1, -0.05) is 0 Å². The molecular weight excluding hydrogens is 206 g/mol.